The normalized spacial score (nSPS) is 20.5. The van der Waals surface area contributed by atoms with Crippen LogP contribution in [0.15, 0.2) is 29.9 Å². The van der Waals surface area contributed by atoms with Crippen LogP contribution in [-0.2, 0) is 21.1 Å². The molecule has 3 rings (SSSR count). The predicted molar refractivity (Wildman–Crippen MR) is 80.3 cm³/mol. The number of aromatic nitrogens is 2. The van der Waals surface area contributed by atoms with Crippen LogP contribution >= 0.6 is 11.3 Å². The zero-order valence-corrected chi connectivity index (χ0v) is 12.9. The molecule has 112 valence electrons. The van der Waals surface area contributed by atoms with Gasteiger partial charge in [0.15, 0.2) is 15.0 Å². The van der Waals surface area contributed by atoms with Crippen molar-refractivity contribution in [3.63, 3.8) is 0 Å². The molecule has 0 spiro atoms. The number of carbonyl (C=O) groups is 1. The van der Waals surface area contributed by atoms with Gasteiger partial charge in [-0.15, -0.1) is 11.3 Å². The Morgan fingerprint density at radius 2 is 2.19 bits per heavy atom. The number of amides is 1. The van der Waals surface area contributed by atoms with E-state index in [-0.39, 0.29) is 29.9 Å². The first-order valence-electron chi connectivity index (χ1n) is 6.59. The number of thiazole rings is 1. The summed E-state index contributed by atoms with van der Waals surface area (Å²) in [4.78, 5) is 16.3. The molecule has 1 fully saturated rings. The molecule has 1 aliphatic rings. The largest absolute Gasteiger partial charge is 0.352 e. The maximum absolute atomic E-state index is 11.9. The highest BCUT2D eigenvalue weighted by atomic mass is 32.2. The van der Waals surface area contributed by atoms with Crippen molar-refractivity contribution in [2.24, 2.45) is 0 Å². The lowest BCUT2D eigenvalue weighted by atomic mass is 10.2. The number of nitrogens with zero attached hydrogens (tertiary/aromatic N) is 2. The molecule has 2 aromatic heterocycles. The van der Waals surface area contributed by atoms with Crippen LogP contribution in [0.3, 0.4) is 0 Å². The quantitative estimate of drug-likeness (QED) is 0.901. The van der Waals surface area contributed by atoms with Crippen molar-refractivity contribution in [2.45, 2.75) is 18.9 Å². The van der Waals surface area contributed by atoms with Gasteiger partial charge in [0.05, 0.1) is 23.6 Å². The van der Waals surface area contributed by atoms with Crippen LogP contribution in [-0.4, -0.2) is 41.4 Å². The van der Waals surface area contributed by atoms with Crippen molar-refractivity contribution in [3.05, 3.63) is 35.6 Å². The molecule has 0 aliphatic carbocycles. The Labute approximate surface area is 126 Å². The summed E-state index contributed by atoms with van der Waals surface area (Å²) in [6, 6.07) is 3.56. The lowest BCUT2D eigenvalue weighted by Crippen LogP contribution is -2.36. The van der Waals surface area contributed by atoms with Crippen molar-refractivity contribution in [1.29, 1.82) is 0 Å². The van der Waals surface area contributed by atoms with Crippen LogP contribution in [0.4, 0.5) is 0 Å². The predicted octanol–water partition coefficient (Wildman–Crippen LogP) is 0.780. The summed E-state index contributed by atoms with van der Waals surface area (Å²) in [6.07, 6.45) is 4.46. The molecule has 0 saturated carbocycles. The molecule has 2 aromatic rings. The van der Waals surface area contributed by atoms with Crippen molar-refractivity contribution in [1.82, 2.24) is 14.9 Å². The zero-order valence-electron chi connectivity index (χ0n) is 11.2. The number of hydrogen-bond donors (Lipinski definition) is 1. The second-order valence-electron chi connectivity index (χ2n) is 5.06. The van der Waals surface area contributed by atoms with Gasteiger partial charge in [-0.2, -0.15) is 0 Å². The summed E-state index contributed by atoms with van der Waals surface area (Å²) >= 11 is 1.47. The first kappa shape index (κ1) is 14.3. The summed E-state index contributed by atoms with van der Waals surface area (Å²) in [5.41, 5.74) is 0.696. The van der Waals surface area contributed by atoms with Gasteiger partial charge in [-0.1, -0.05) is 0 Å². The van der Waals surface area contributed by atoms with Gasteiger partial charge in [0.25, 0.3) is 0 Å². The van der Waals surface area contributed by atoms with Gasteiger partial charge in [-0.3, -0.25) is 4.79 Å². The molecule has 0 bridgehead atoms. The summed E-state index contributed by atoms with van der Waals surface area (Å²) in [6.45, 7) is 0. The van der Waals surface area contributed by atoms with Gasteiger partial charge in [-0.25, -0.2) is 13.4 Å². The molecule has 1 atom stereocenters. The van der Waals surface area contributed by atoms with Crippen molar-refractivity contribution < 1.29 is 13.2 Å². The number of rotatable bonds is 4. The fourth-order valence-electron chi connectivity index (χ4n) is 2.31. The van der Waals surface area contributed by atoms with Crippen LogP contribution in [0, 0.1) is 0 Å². The molecular weight excluding hydrogens is 310 g/mol. The fourth-order valence-corrected chi connectivity index (χ4v) is 4.77. The lowest BCUT2D eigenvalue weighted by molar-refractivity contribution is -0.121. The number of nitrogens with one attached hydrogen (secondary N) is 1. The van der Waals surface area contributed by atoms with Crippen LogP contribution in [0.5, 0.6) is 0 Å². The molecule has 21 heavy (non-hydrogen) atoms. The van der Waals surface area contributed by atoms with E-state index in [1.54, 1.807) is 0 Å². The Kier molecular flexibility index (Phi) is 3.81. The van der Waals surface area contributed by atoms with Crippen molar-refractivity contribution >= 4 is 27.1 Å². The molecule has 1 aliphatic heterocycles. The van der Waals surface area contributed by atoms with Crippen LogP contribution < -0.4 is 5.32 Å². The van der Waals surface area contributed by atoms with E-state index in [9.17, 15) is 13.2 Å². The minimum Gasteiger partial charge on any atom is -0.352 e. The molecule has 1 N–H and O–H groups in total. The number of hydrogen-bond acceptors (Lipinski definition) is 5. The Morgan fingerprint density at radius 1 is 1.43 bits per heavy atom. The molecule has 0 unspecified atom stereocenters. The lowest BCUT2D eigenvalue weighted by Gasteiger charge is -2.09. The van der Waals surface area contributed by atoms with Crippen LogP contribution in [0.25, 0.3) is 5.13 Å². The monoisotopic (exact) mass is 325 g/mol. The van der Waals surface area contributed by atoms with Gasteiger partial charge in [0.2, 0.25) is 5.91 Å². The van der Waals surface area contributed by atoms with Gasteiger partial charge >= 0.3 is 0 Å². The second kappa shape index (κ2) is 5.61. The van der Waals surface area contributed by atoms with Crippen LogP contribution in [0.1, 0.15) is 12.1 Å². The molecule has 0 radical (unpaired) electrons. The summed E-state index contributed by atoms with van der Waals surface area (Å²) < 4.78 is 24.6. The fraction of sp³-hybridized carbons (Fsp3) is 0.385. The third kappa shape index (κ3) is 3.51. The topological polar surface area (TPSA) is 81.1 Å². The maximum Gasteiger partial charge on any atom is 0.226 e. The first-order valence-corrected chi connectivity index (χ1v) is 9.29. The highest BCUT2D eigenvalue weighted by molar-refractivity contribution is 7.91. The zero-order chi connectivity index (χ0) is 14.9. The summed E-state index contributed by atoms with van der Waals surface area (Å²) in [5, 5.41) is 5.43. The maximum atomic E-state index is 11.9. The smallest absolute Gasteiger partial charge is 0.226 e. The Morgan fingerprint density at radius 3 is 2.86 bits per heavy atom. The van der Waals surface area contributed by atoms with Gasteiger partial charge in [-0.05, 0) is 18.6 Å². The standard InChI is InChI=1S/C13H15N3O3S2/c17-12(14-10-3-6-21(18,19)9-10)7-11-8-20-13(15-11)16-4-1-2-5-16/h1-2,4-5,8,10H,3,6-7,9H2,(H,14,17)/t10-/m0/s1. The SMILES string of the molecule is O=C(Cc1csc(-n2cccc2)n1)N[C@H]1CCS(=O)(=O)C1. The van der Waals surface area contributed by atoms with E-state index in [1.807, 2.05) is 34.5 Å². The van der Waals surface area contributed by atoms with E-state index in [0.717, 1.165) is 5.13 Å². The second-order valence-corrected chi connectivity index (χ2v) is 8.12. The molecule has 8 heteroatoms. The third-order valence-electron chi connectivity index (χ3n) is 3.30. The molecule has 1 saturated heterocycles. The van der Waals surface area contributed by atoms with E-state index in [1.165, 1.54) is 11.3 Å². The van der Waals surface area contributed by atoms with E-state index in [2.05, 4.69) is 10.3 Å². The highest BCUT2D eigenvalue weighted by Crippen LogP contribution is 2.16. The van der Waals surface area contributed by atoms with Gasteiger partial charge in [0.1, 0.15) is 0 Å². The first-order chi connectivity index (χ1) is 10.0. The molecular formula is C13H15N3O3S2. The average molecular weight is 325 g/mol. The van der Waals surface area contributed by atoms with E-state index >= 15 is 0 Å². The molecule has 0 aromatic carbocycles. The highest BCUT2D eigenvalue weighted by Gasteiger charge is 2.28. The Hall–Kier alpha value is -1.67. The van der Waals surface area contributed by atoms with Crippen molar-refractivity contribution in [2.75, 3.05) is 11.5 Å². The average Bonchev–Trinajstić information content (AvgIpc) is 3.09. The van der Waals surface area contributed by atoms with E-state index < -0.39 is 9.84 Å². The minimum absolute atomic E-state index is 0.0461. The Balaban J connectivity index is 1.58. The Bertz CT molecular complexity index is 735. The van der Waals surface area contributed by atoms with Crippen LogP contribution in [0.2, 0.25) is 0 Å². The van der Waals surface area contributed by atoms with Gasteiger partial charge in [0, 0.05) is 23.8 Å². The van der Waals surface area contributed by atoms with Crippen molar-refractivity contribution in [3.8, 4) is 5.13 Å². The number of carbonyl (C=O) groups excluding carboxylic acids is 1. The summed E-state index contributed by atoms with van der Waals surface area (Å²) in [7, 11) is -2.97. The molecule has 1 amide bonds. The summed E-state index contributed by atoms with van der Waals surface area (Å²) in [5.74, 6) is 0.0260. The van der Waals surface area contributed by atoms with E-state index in [0.29, 0.717) is 12.1 Å². The third-order valence-corrected chi connectivity index (χ3v) is 5.97. The van der Waals surface area contributed by atoms with E-state index in [4.69, 9.17) is 0 Å². The molecule has 6 nitrogen and oxygen atoms in total. The number of sulfone groups is 1. The molecule has 3 heterocycles. The van der Waals surface area contributed by atoms with Gasteiger partial charge < -0.3 is 9.88 Å². The minimum atomic E-state index is -2.97.